The van der Waals surface area contributed by atoms with E-state index in [9.17, 15) is 20.0 Å². The van der Waals surface area contributed by atoms with Gasteiger partial charge < -0.3 is 15.2 Å². The van der Waals surface area contributed by atoms with Crippen molar-refractivity contribution in [2.45, 2.75) is 91.0 Å². The number of allylic oxidation sites excluding steroid dienone is 1. The third-order valence-corrected chi connectivity index (χ3v) is 6.35. The highest BCUT2D eigenvalue weighted by molar-refractivity contribution is 5.75. The molecule has 0 unspecified atom stereocenters. The maximum absolute atomic E-state index is 12.5. The molecule has 1 heterocycles. The lowest BCUT2D eigenvalue weighted by Crippen LogP contribution is -2.75. The van der Waals surface area contributed by atoms with Crippen molar-refractivity contribution < 1.29 is 19.4 Å². The Morgan fingerprint density at radius 3 is 2.34 bits per heavy atom. The molecule has 0 aromatic carbocycles. The Hall–Kier alpha value is -2.07. The summed E-state index contributed by atoms with van der Waals surface area (Å²) in [4.78, 5) is 26.1. The summed E-state index contributed by atoms with van der Waals surface area (Å²) in [5.41, 5.74) is -2.52. The molecule has 0 aliphatic carbocycles. The maximum atomic E-state index is 12.5. The molecule has 7 nitrogen and oxygen atoms in total. The van der Waals surface area contributed by atoms with Crippen LogP contribution in [0, 0.1) is 22.7 Å². The second kappa shape index (κ2) is 9.17. The molecule has 29 heavy (non-hydrogen) atoms. The van der Waals surface area contributed by atoms with E-state index in [1.165, 1.54) is 11.8 Å². The first-order chi connectivity index (χ1) is 13.4. The maximum Gasteiger partial charge on any atom is 0.408 e. The summed E-state index contributed by atoms with van der Waals surface area (Å²) in [5, 5.41) is 23.1. The summed E-state index contributed by atoms with van der Waals surface area (Å²) < 4.78 is 5.96. The molecule has 0 radical (unpaired) electrons. The van der Waals surface area contributed by atoms with Gasteiger partial charge in [0.1, 0.15) is 6.04 Å². The minimum Gasteiger partial charge on any atom is -0.465 e. The van der Waals surface area contributed by atoms with Crippen molar-refractivity contribution in [1.82, 2.24) is 10.2 Å². The number of amides is 2. The van der Waals surface area contributed by atoms with Crippen molar-refractivity contribution in [1.29, 1.82) is 5.26 Å². The molecule has 1 fully saturated rings. The Labute approximate surface area is 175 Å². The standard InChI is InChI=1S/C22H37N3O4/c1-9-11-16-13-17(14-23)25(19(27)28)22(16,20(4,5)6)18(24-15(3)26)21(7,29-8)12-10-2/h9,11,16-18H,10,12-13H2,1-8H3,(H,24,26)(H,27,28)/t16-,17-,18+,21+,22+/m1/s1. The average molecular weight is 408 g/mol. The number of nitriles is 1. The molecule has 5 atom stereocenters. The molecule has 0 bridgehead atoms. The summed E-state index contributed by atoms with van der Waals surface area (Å²) in [6, 6.07) is 0.706. The lowest BCUT2D eigenvalue weighted by atomic mass is 9.58. The fraction of sp³-hybridized carbons (Fsp3) is 0.773. The molecule has 0 spiro atoms. The molecule has 0 saturated carbocycles. The van der Waals surface area contributed by atoms with Gasteiger partial charge in [0.15, 0.2) is 0 Å². The molecule has 2 N–H and O–H groups in total. The fourth-order valence-electron chi connectivity index (χ4n) is 5.32. The van der Waals surface area contributed by atoms with Crippen molar-refractivity contribution in [3.8, 4) is 6.07 Å². The molecule has 0 aromatic heterocycles. The van der Waals surface area contributed by atoms with Crippen molar-refractivity contribution in [3.05, 3.63) is 12.2 Å². The summed E-state index contributed by atoms with van der Waals surface area (Å²) in [5.74, 6) is -0.528. The van der Waals surface area contributed by atoms with E-state index >= 15 is 0 Å². The van der Waals surface area contributed by atoms with Gasteiger partial charge in [-0.25, -0.2) is 4.79 Å². The van der Waals surface area contributed by atoms with E-state index in [-0.39, 0.29) is 11.8 Å². The molecule has 1 saturated heterocycles. The van der Waals surface area contributed by atoms with Crippen LogP contribution in [-0.2, 0) is 9.53 Å². The smallest absolute Gasteiger partial charge is 0.408 e. The monoisotopic (exact) mass is 407 g/mol. The van der Waals surface area contributed by atoms with Crippen molar-refractivity contribution in [2.24, 2.45) is 11.3 Å². The number of rotatable bonds is 7. The highest BCUT2D eigenvalue weighted by Crippen LogP contribution is 2.55. The Kier molecular flexibility index (Phi) is 7.89. The zero-order chi connectivity index (χ0) is 22.6. The summed E-state index contributed by atoms with van der Waals surface area (Å²) in [6.07, 6.45) is 4.48. The van der Waals surface area contributed by atoms with Crippen LogP contribution in [0.15, 0.2) is 12.2 Å². The first-order valence-corrected chi connectivity index (χ1v) is 10.2. The molecule has 7 heteroatoms. The number of carboxylic acid groups (broad SMARTS) is 1. The molecule has 2 amide bonds. The van der Waals surface area contributed by atoms with E-state index < -0.39 is 34.7 Å². The van der Waals surface area contributed by atoms with Crippen LogP contribution >= 0.6 is 0 Å². The number of hydrogen-bond donors (Lipinski definition) is 2. The van der Waals surface area contributed by atoms with E-state index in [0.717, 1.165) is 6.42 Å². The van der Waals surface area contributed by atoms with Gasteiger partial charge in [0.05, 0.1) is 23.3 Å². The minimum absolute atomic E-state index is 0.261. The molecular weight excluding hydrogens is 370 g/mol. The van der Waals surface area contributed by atoms with Gasteiger partial charge >= 0.3 is 6.09 Å². The number of methoxy groups -OCH3 is 1. The van der Waals surface area contributed by atoms with Crippen LogP contribution in [0.1, 0.15) is 67.7 Å². The lowest BCUT2D eigenvalue weighted by molar-refractivity contribution is -0.138. The van der Waals surface area contributed by atoms with Gasteiger partial charge in [-0.3, -0.25) is 9.69 Å². The quantitative estimate of drug-likeness (QED) is 0.622. The van der Waals surface area contributed by atoms with E-state index in [0.29, 0.717) is 12.8 Å². The summed E-state index contributed by atoms with van der Waals surface area (Å²) in [6.45, 7) is 13.2. The number of nitrogens with one attached hydrogen (secondary N) is 1. The van der Waals surface area contributed by atoms with Gasteiger partial charge in [0, 0.05) is 20.0 Å². The molecule has 1 aliphatic heterocycles. The van der Waals surface area contributed by atoms with E-state index in [1.807, 2.05) is 53.7 Å². The Morgan fingerprint density at radius 1 is 1.41 bits per heavy atom. The van der Waals surface area contributed by atoms with Crippen LogP contribution in [0.2, 0.25) is 0 Å². The van der Waals surface area contributed by atoms with E-state index in [1.54, 1.807) is 7.11 Å². The number of nitrogens with zero attached hydrogens (tertiary/aromatic N) is 2. The largest absolute Gasteiger partial charge is 0.465 e. The predicted molar refractivity (Wildman–Crippen MR) is 112 cm³/mol. The number of hydrogen-bond acceptors (Lipinski definition) is 4. The Bertz CT molecular complexity index is 679. The van der Waals surface area contributed by atoms with Gasteiger partial charge in [0.25, 0.3) is 0 Å². The predicted octanol–water partition coefficient (Wildman–Crippen LogP) is 3.95. The fourth-order valence-corrected chi connectivity index (χ4v) is 5.32. The van der Waals surface area contributed by atoms with Crippen LogP contribution in [0.5, 0.6) is 0 Å². The molecular formula is C22H37N3O4. The van der Waals surface area contributed by atoms with Gasteiger partial charge in [-0.2, -0.15) is 5.26 Å². The number of carbonyl (C=O) groups is 2. The zero-order valence-corrected chi connectivity index (χ0v) is 19.1. The van der Waals surface area contributed by atoms with Crippen LogP contribution in [0.3, 0.4) is 0 Å². The highest BCUT2D eigenvalue weighted by atomic mass is 16.5. The minimum atomic E-state index is -1.16. The Morgan fingerprint density at radius 2 is 2.00 bits per heavy atom. The van der Waals surface area contributed by atoms with Crippen LogP contribution < -0.4 is 5.32 Å². The summed E-state index contributed by atoms with van der Waals surface area (Å²) in [7, 11) is 1.59. The van der Waals surface area contributed by atoms with Crippen LogP contribution in [0.4, 0.5) is 4.79 Å². The first-order valence-electron chi connectivity index (χ1n) is 10.2. The van der Waals surface area contributed by atoms with E-state index in [4.69, 9.17) is 4.74 Å². The highest BCUT2D eigenvalue weighted by Gasteiger charge is 2.67. The van der Waals surface area contributed by atoms with Crippen molar-refractivity contribution >= 4 is 12.0 Å². The second-order valence-electron chi connectivity index (χ2n) is 9.14. The second-order valence-corrected chi connectivity index (χ2v) is 9.14. The van der Waals surface area contributed by atoms with Crippen LogP contribution in [0.25, 0.3) is 0 Å². The van der Waals surface area contributed by atoms with Crippen molar-refractivity contribution in [3.63, 3.8) is 0 Å². The van der Waals surface area contributed by atoms with Crippen molar-refractivity contribution in [2.75, 3.05) is 7.11 Å². The molecule has 1 rings (SSSR count). The average Bonchev–Trinajstić information content (AvgIpc) is 2.95. The number of ether oxygens (including phenoxy) is 1. The normalized spacial score (nSPS) is 28.0. The van der Waals surface area contributed by atoms with Gasteiger partial charge in [-0.15, -0.1) is 0 Å². The van der Waals surface area contributed by atoms with Gasteiger partial charge in [-0.05, 0) is 32.1 Å². The third kappa shape index (κ3) is 4.28. The zero-order valence-electron chi connectivity index (χ0n) is 19.1. The third-order valence-electron chi connectivity index (χ3n) is 6.35. The lowest BCUT2D eigenvalue weighted by Gasteiger charge is -2.58. The van der Waals surface area contributed by atoms with Gasteiger partial charge in [-0.1, -0.05) is 46.3 Å². The Balaban J connectivity index is 4.02. The number of carbonyl (C=O) groups excluding carboxylic acids is 1. The molecule has 1 aliphatic rings. The SMILES string of the molecule is CC=C[C@@H]1C[C@H](C#N)N(C(=O)O)[C@@]1([C@@H](NC(C)=O)[C@](C)(CCC)OC)C(C)(C)C. The van der Waals surface area contributed by atoms with E-state index in [2.05, 4.69) is 11.4 Å². The number of likely N-dealkylation sites (tertiary alicyclic amines) is 1. The summed E-state index contributed by atoms with van der Waals surface area (Å²) >= 11 is 0. The first kappa shape index (κ1) is 25.0. The topological polar surface area (TPSA) is 103 Å². The van der Waals surface area contributed by atoms with Gasteiger partial charge in [0.2, 0.25) is 5.91 Å². The molecule has 0 aromatic rings. The van der Waals surface area contributed by atoms with Crippen LogP contribution in [-0.4, -0.2) is 52.3 Å². The molecule has 164 valence electrons.